The summed E-state index contributed by atoms with van der Waals surface area (Å²) in [6.07, 6.45) is -1.98. The Morgan fingerprint density at radius 1 is 1.23 bits per heavy atom. The SMILES string of the molecule is O=C(NCC(F)(F)F)c1ccc(S(=O)(=O)N2CCCC(C(=O)Nc3nccs3)C2)cc1. The maximum Gasteiger partial charge on any atom is 0.405 e. The van der Waals surface area contributed by atoms with Crippen molar-refractivity contribution in [3.05, 3.63) is 41.4 Å². The Kier molecular flexibility index (Phi) is 6.96. The van der Waals surface area contributed by atoms with Crippen LogP contribution in [0.15, 0.2) is 40.7 Å². The van der Waals surface area contributed by atoms with Crippen LogP contribution in [0.3, 0.4) is 0 Å². The van der Waals surface area contributed by atoms with Gasteiger partial charge in [0, 0.05) is 30.2 Å². The van der Waals surface area contributed by atoms with E-state index < -0.39 is 34.6 Å². The number of halogens is 3. The molecule has 168 valence electrons. The number of aromatic nitrogens is 1. The highest BCUT2D eigenvalue weighted by Crippen LogP contribution is 2.25. The first kappa shape index (κ1) is 23.2. The number of benzene rings is 1. The summed E-state index contributed by atoms with van der Waals surface area (Å²) in [7, 11) is -3.94. The zero-order chi connectivity index (χ0) is 22.6. The van der Waals surface area contributed by atoms with Gasteiger partial charge in [0.05, 0.1) is 10.8 Å². The largest absolute Gasteiger partial charge is 0.405 e. The van der Waals surface area contributed by atoms with Gasteiger partial charge < -0.3 is 10.6 Å². The van der Waals surface area contributed by atoms with Crippen molar-refractivity contribution in [2.75, 3.05) is 25.0 Å². The number of amides is 2. The summed E-state index contributed by atoms with van der Waals surface area (Å²) >= 11 is 1.26. The lowest BCUT2D eigenvalue weighted by molar-refractivity contribution is -0.123. The number of carbonyl (C=O) groups is 2. The third kappa shape index (κ3) is 6.02. The van der Waals surface area contributed by atoms with E-state index in [1.807, 2.05) is 0 Å². The highest BCUT2D eigenvalue weighted by molar-refractivity contribution is 7.89. The Morgan fingerprint density at radius 3 is 2.55 bits per heavy atom. The lowest BCUT2D eigenvalue weighted by Gasteiger charge is -2.31. The van der Waals surface area contributed by atoms with Gasteiger partial charge in [0.2, 0.25) is 15.9 Å². The Bertz CT molecular complexity index is 1030. The number of nitrogens with one attached hydrogen (secondary N) is 2. The standard InChI is InChI=1S/C18H19F3N4O4S2/c19-18(20,21)11-23-15(26)12-3-5-14(6-4-12)31(28,29)25-8-1-2-13(10-25)16(27)24-17-22-7-9-30-17/h3-7,9,13H,1-2,8,10-11H2,(H,23,26)(H,22,24,27). The number of sulfonamides is 1. The van der Waals surface area contributed by atoms with E-state index in [-0.39, 0.29) is 29.5 Å². The molecule has 31 heavy (non-hydrogen) atoms. The van der Waals surface area contributed by atoms with Crippen molar-refractivity contribution in [2.24, 2.45) is 5.92 Å². The normalized spacial score (nSPS) is 17.8. The average Bonchev–Trinajstić information content (AvgIpc) is 3.24. The fourth-order valence-electron chi connectivity index (χ4n) is 3.08. The van der Waals surface area contributed by atoms with Gasteiger partial charge >= 0.3 is 6.18 Å². The fourth-order valence-corrected chi connectivity index (χ4v) is 5.13. The number of piperidine rings is 1. The second-order valence-electron chi connectivity index (χ2n) is 6.85. The number of alkyl halides is 3. The van der Waals surface area contributed by atoms with Gasteiger partial charge in [0.1, 0.15) is 6.54 Å². The monoisotopic (exact) mass is 476 g/mol. The second kappa shape index (κ2) is 9.32. The van der Waals surface area contributed by atoms with Gasteiger partial charge in [-0.05, 0) is 37.1 Å². The summed E-state index contributed by atoms with van der Waals surface area (Å²) < 4.78 is 63.7. The molecule has 1 aromatic carbocycles. The van der Waals surface area contributed by atoms with Crippen molar-refractivity contribution in [2.45, 2.75) is 23.9 Å². The molecule has 0 spiro atoms. The first-order chi connectivity index (χ1) is 14.6. The summed E-state index contributed by atoms with van der Waals surface area (Å²) in [5, 5.41) is 6.54. The van der Waals surface area contributed by atoms with E-state index in [0.717, 1.165) is 24.3 Å². The molecule has 0 bridgehead atoms. The average molecular weight is 477 g/mol. The van der Waals surface area contributed by atoms with Crippen molar-refractivity contribution in [1.82, 2.24) is 14.6 Å². The number of anilines is 1. The predicted octanol–water partition coefficient (Wildman–Crippen LogP) is 2.47. The Morgan fingerprint density at radius 2 is 1.94 bits per heavy atom. The van der Waals surface area contributed by atoms with Crippen LogP contribution in [-0.4, -0.2) is 55.3 Å². The van der Waals surface area contributed by atoms with Crippen LogP contribution in [0.2, 0.25) is 0 Å². The van der Waals surface area contributed by atoms with E-state index >= 15 is 0 Å². The van der Waals surface area contributed by atoms with E-state index in [4.69, 9.17) is 0 Å². The van der Waals surface area contributed by atoms with Gasteiger partial charge in [-0.1, -0.05) is 0 Å². The molecule has 2 heterocycles. The second-order valence-corrected chi connectivity index (χ2v) is 9.68. The molecule has 3 rings (SSSR count). The van der Waals surface area contributed by atoms with E-state index in [1.165, 1.54) is 15.6 Å². The molecule has 13 heteroatoms. The molecule has 1 aliphatic rings. The van der Waals surface area contributed by atoms with E-state index in [1.54, 1.807) is 16.9 Å². The number of hydrogen-bond acceptors (Lipinski definition) is 6. The van der Waals surface area contributed by atoms with Crippen LogP contribution in [0.25, 0.3) is 0 Å². The highest BCUT2D eigenvalue weighted by Gasteiger charge is 2.34. The van der Waals surface area contributed by atoms with E-state index in [9.17, 15) is 31.2 Å². The smallest absolute Gasteiger partial charge is 0.343 e. The molecular formula is C18H19F3N4O4S2. The number of hydrogen-bond donors (Lipinski definition) is 2. The lowest BCUT2D eigenvalue weighted by atomic mass is 9.99. The highest BCUT2D eigenvalue weighted by atomic mass is 32.2. The van der Waals surface area contributed by atoms with Crippen LogP contribution in [-0.2, 0) is 14.8 Å². The molecule has 1 aromatic heterocycles. The molecule has 1 aliphatic heterocycles. The van der Waals surface area contributed by atoms with Crippen LogP contribution in [0.5, 0.6) is 0 Å². The summed E-state index contributed by atoms with van der Waals surface area (Å²) in [5.74, 6) is -1.82. The third-order valence-corrected chi connectivity index (χ3v) is 7.19. The zero-order valence-corrected chi connectivity index (χ0v) is 17.7. The summed E-state index contributed by atoms with van der Waals surface area (Å²) in [6, 6.07) is 4.62. The molecule has 2 amide bonds. The minimum atomic E-state index is -4.55. The van der Waals surface area contributed by atoms with Crippen molar-refractivity contribution >= 4 is 38.3 Å². The minimum Gasteiger partial charge on any atom is -0.343 e. The molecule has 1 unspecified atom stereocenters. The molecule has 0 saturated carbocycles. The lowest BCUT2D eigenvalue weighted by Crippen LogP contribution is -2.43. The van der Waals surface area contributed by atoms with Crippen molar-refractivity contribution in [1.29, 1.82) is 0 Å². The molecule has 1 fully saturated rings. The molecule has 0 radical (unpaired) electrons. The molecule has 1 saturated heterocycles. The molecule has 0 aliphatic carbocycles. The van der Waals surface area contributed by atoms with Crippen molar-refractivity contribution < 1.29 is 31.2 Å². The van der Waals surface area contributed by atoms with Gasteiger partial charge in [-0.15, -0.1) is 11.3 Å². The van der Waals surface area contributed by atoms with Crippen LogP contribution in [0.1, 0.15) is 23.2 Å². The van der Waals surface area contributed by atoms with Crippen molar-refractivity contribution in [3.8, 4) is 0 Å². The van der Waals surface area contributed by atoms with Gasteiger partial charge in [-0.3, -0.25) is 9.59 Å². The molecule has 2 N–H and O–H groups in total. The molecular weight excluding hydrogens is 457 g/mol. The van der Waals surface area contributed by atoms with E-state index in [2.05, 4.69) is 10.3 Å². The first-order valence-corrected chi connectivity index (χ1v) is 11.5. The zero-order valence-electron chi connectivity index (χ0n) is 16.1. The number of thiazole rings is 1. The van der Waals surface area contributed by atoms with Crippen LogP contribution in [0.4, 0.5) is 18.3 Å². The summed E-state index contributed by atoms with van der Waals surface area (Å²) in [5.41, 5.74) is -0.0949. The van der Waals surface area contributed by atoms with Crippen LogP contribution >= 0.6 is 11.3 Å². The summed E-state index contributed by atoms with van der Waals surface area (Å²) in [6.45, 7) is -1.26. The first-order valence-electron chi connectivity index (χ1n) is 9.22. The predicted molar refractivity (Wildman–Crippen MR) is 107 cm³/mol. The molecule has 8 nitrogen and oxygen atoms in total. The number of rotatable bonds is 6. The Labute approximate surface area is 180 Å². The molecule has 2 aromatic rings. The number of carbonyl (C=O) groups excluding carboxylic acids is 2. The van der Waals surface area contributed by atoms with Crippen molar-refractivity contribution in [3.63, 3.8) is 0 Å². The van der Waals surface area contributed by atoms with Crippen LogP contribution in [0, 0.1) is 5.92 Å². The van der Waals surface area contributed by atoms with Gasteiger partial charge in [0.25, 0.3) is 5.91 Å². The maximum absolute atomic E-state index is 12.9. The third-order valence-electron chi connectivity index (χ3n) is 4.62. The Hall–Kier alpha value is -2.51. The van der Waals surface area contributed by atoms with Gasteiger partial charge in [0.15, 0.2) is 5.13 Å². The number of nitrogens with zero attached hydrogens (tertiary/aromatic N) is 2. The Balaban J connectivity index is 1.66. The maximum atomic E-state index is 12.9. The minimum absolute atomic E-state index is 0.00659. The summed E-state index contributed by atoms with van der Waals surface area (Å²) in [4.78, 5) is 28.1. The molecule has 1 atom stereocenters. The fraction of sp³-hybridized carbons (Fsp3) is 0.389. The van der Waals surface area contributed by atoms with Crippen LogP contribution < -0.4 is 10.6 Å². The topological polar surface area (TPSA) is 108 Å². The van der Waals surface area contributed by atoms with Gasteiger partial charge in [-0.2, -0.15) is 17.5 Å². The van der Waals surface area contributed by atoms with E-state index in [0.29, 0.717) is 18.0 Å². The quantitative estimate of drug-likeness (QED) is 0.666. The van der Waals surface area contributed by atoms with Gasteiger partial charge in [-0.25, -0.2) is 13.4 Å².